The monoisotopic (exact) mass is 212 g/mol. The molecule has 15 heavy (non-hydrogen) atoms. The minimum atomic E-state index is -0.616. The van der Waals surface area contributed by atoms with Crippen LogP contribution in [0.3, 0.4) is 0 Å². The predicted octanol–water partition coefficient (Wildman–Crippen LogP) is 2.14. The zero-order chi connectivity index (χ0) is 11.3. The predicted molar refractivity (Wildman–Crippen MR) is 56.4 cm³/mol. The molecule has 0 radical (unpaired) electrons. The second-order valence-electron chi connectivity index (χ2n) is 4.86. The standard InChI is InChI=1S/C12H20O3/c1-5-11(10(13)14-6-2)12(15-11)7-8(3)9(12)4/h8-9H,5-7H2,1-4H3. The van der Waals surface area contributed by atoms with Crippen molar-refractivity contribution in [3.05, 3.63) is 0 Å². The highest BCUT2D eigenvalue weighted by Crippen LogP contribution is 2.67. The number of ether oxygens (including phenoxy) is 2. The molecule has 3 nitrogen and oxygen atoms in total. The molecule has 0 amide bonds. The summed E-state index contributed by atoms with van der Waals surface area (Å²) >= 11 is 0. The number of hydrogen-bond acceptors (Lipinski definition) is 3. The molecule has 0 aromatic heterocycles. The van der Waals surface area contributed by atoms with Crippen LogP contribution in [-0.4, -0.2) is 23.8 Å². The van der Waals surface area contributed by atoms with E-state index in [-0.39, 0.29) is 11.6 Å². The zero-order valence-corrected chi connectivity index (χ0v) is 10.0. The first-order chi connectivity index (χ1) is 7.04. The van der Waals surface area contributed by atoms with Gasteiger partial charge in [0.2, 0.25) is 0 Å². The van der Waals surface area contributed by atoms with E-state index in [1.165, 1.54) is 0 Å². The molecule has 1 heterocycles. The fraction of sp³-hybridized carbons (Fsp3) is 0.917. The number of carbonyl (C=O) groups excluding carboxylic acids is 1. The number of hydrogen-bond donors (Lipinski definition) is 0. The molecular formula is C12H20O3. The van der Waals surface area contributed by atoms with E-state index in [0.717, 1.165) is 12.8 Å². The zero-order valence-electron chi connectivity index (χ0n) is 10.0. The van der Waals surface area contributed by atoms with Gasteiger partial charge in [0.05, 0.1) is 6.61 Å². The average Bonchev–Trinajstić information content (AvgIpc) is 2.91. The van der Waals surface area contributed by atoms with Crippen LogP contribution in [0.4, 0.5) is 0 Å². The number of esters is 1. The molecule has 4 unspecified atom stereocenters. The third-order valence-electron chi connectivity index (χ3n) is 4.32. The normalized spacial score (nSPS) is 47.5. The van der Waals surface area contributed by atoms with E-state index < -0.39 is 5.60 Å². The molecule has 2 aliphatic rings. The molecule has 1 saturated carbocycles. The lowest BCUT2D eigenvalue weighted by Gasteiger charge is -2.40. The second kappa shape index (κ2) is 3.21. The Labute approximate surface area is 91.1 Å². The smallest absolute Gasteiger partial charge is 0.341 e. The summed E-state index contributed by atoms with van der Waals surface area (Å²) in [4.78, 5) is 11.9. The van der Waals surface area contributed by atoms with E-state index >= 15 is 0 Å². The summed E-state index contributed by atoms with van der Waals surface area (Å²) < 4.78 is 10.9. The molecule has 4 atom stereocenters. The number of rotatable bonds is 3. The second-order valence-corrected chi connectivity index (χ2v) is 4.86. The van der Waals surface area contributed by atoms with Gasteiger partial charge in [-0.2, -0.15) is 0 Å². The lowest BCUT2D eigenvalue weighted by Crippen LogP contribution is -2.49. The van der Waals surface area contributed by atoms with E-state index in [0.29, 0.717) is 18.4 Å². The molecule has 1 aliphatic heterocycles. The molecular weight excluding hydrogens is 192 g/mol. The van der Waals surface area contributed by atoms with E-state index in [2.05, 4.69) is 13.8 Å². The van der Waals surface area contributed by atoms with Crippen LogP contribution in [0.15, 0.2) is 0 Å². The van der Waals surface area contributed by atoms with Gasteiger partial charge in [0.1, 0.15) is 5.60 Å². The lowest BCUT2D eigenvalue weighted by molar-refractivity contribution is -0.150. The third-order valence-corrected chi connectivity index (χ3v) is 4.32. The highest BCUT2D eigenvalue weighted by atomic mass is 16.7. The van der Waals surface area contributed by atoms with Crippen LogP contribution in [0.1, 0.15) is 40.5 Å². The summed E-state index contributed by atoms with van der Waals surface area (Å²) in [7, 11) is 0. The van der Waals surface area contributed by atoms with E-state index in [9.17, 15) is 4.79 Å². The number of epoxide rings is 1. The highest BCUT2D eigenvalue weighted by molar-refractivity contribution is 5.85. The summed E-state index contributed by atoms with van der Waals surface area (Å²) in [5.74, 6) is 0.973. The van der Waals surface area contributed by atoms with Gasteiger partial charge in [0, 0.05) is 0 Å². The summed E-state index contributed by atoms with van der Waals surface area (Å²) in [6.07, 6.45) is 1.73. The third kappa shape index (κ3) is 1.13. The van der Waals surface area contributed by atoms with Crippen LogP contribution in [0.2, 0.25) is 0 Å². The van der Waals surface area contributed by atoms with Crippen LogP contribution in [-0.2, 0) is 14.3 Å². The molecule has 1 saturated heterocycles. The summed E-state index contributed by atoms with van der Waals surface area (Å²) in [5.41, 5.74) is -0.803. The van der Waals surface area contributed by atoms with Gasteiger partial charge in [0.15, 0.2) is 5.60 Å². The maximum absolute atomic E-state index is 11.9. The molecule has 86 valence electrons. The van der Waals surface area contributed by atoms with Crippen LogP contribution in [0.25, 0.3) is 0 Å². The van der Waals surface area contributed by atoms with Crippen molar-refractivity contribution < 1.29 is 14.3 Å². The summed E-state index contributed by atoms with van der Waals surface area (Å²) in [6, 6.07) is 0. The quantitative estimate of drug-likeness (QED) is 0.531. The van der Waals surface area contributed by atoms with E-state index in [1.54, 1.807) is 0 Å². The van der Waals surface area contributed by atoms with Crippen LogP contribution in [0.5, 0.6) is 0 Å². The molecule has 0 aromatic rings. The fourth-order valence-corrected chi connectivity index (χ4v) is 3.07. The molecule has 3 heteroatoms. The van der Waals surface area contributed by atoms with Crippen LogP contribution in [0, 0.1) is 11.8 Å². The van der Waals surface area contributed by atoms with Crippen molar-refractivity contribution >= 4 is 5.97 Å². The first kappa shape index (κ1) is 10.9. The van der Waals surface area contributed by atoms with Gasteiger partial charge in [-0.05, 0) is 31.6 Å². The minimum Gasteiger partial charge on any atom is -0.464 e. The Morgan fingerprint density at radius 3 is 2.53 bits per heavy atom. The first-order valence-electron chi connectivity index (χ1n) is 5.91. The molecule has 0 bridgehead atoms. The van der Waals surface area contributed by atoms with Crippen molar-refractivity contribution in [1.29, 1.82) is 0 Å². The van der Waals surface area contributed by atoms with Gasteiger partial charge in [-0.3, -0.25) is 0 Å². The highest BCUT2D eigenvalue weighted by Gasteiger charge is 2.81. The van der Waals surface area contributed by atoms with Crippen molar-refractivity contribution in [2.75, 3.05) is 6.61 Å². The maximum Gasteiger partial charge on any atom is 0.341 e. The molecule has 2 rings (SSSR count). The summed E-state index contributed by atoms with van der Waals surface area (Å²) in [6.45, 7) is 8.66. The number of carbonyl (C=O) groups is 1. The van der Waals surface area contributed by atoms with Crippen molar-refractivity contribution in [2.45, 2.75) is 51.7 Å². The SMILES string of the molecule is CCOC(=O)C1(CC)OC12CC(C)C2C. The Balaban J connectivity index is 2.12. The minimum absolute atomic E-state index is 0.161. The van der Waals surface area contributed by atoms with Gasteiger partial charge < -0.3 is 9.47 Å². The Morgan fingerprint density at radius 2 is 2.13 bits per heavy atom. The Hall–Kier alpha value is -0.570. The first-order valence-corrected chi connectivity index (χ1v) is 5.91. The Kier molecular flexibility index (Phi) is 2.34. The van der Waals surface area contributed by atoms with Crippen molar-refractivity contribution in [1.82, 2.24) is 0 Å². The van der Waals surface area contributed by atoms with Gasteiger partial charge in [-0.25, -0.2) is 4.79 Å². The largest absolute Gasteiger partial charge is 0.464 e. The van der Waals surface area contributed by atoms with Gasteiger partial charge in [-0.15, -0.1) is 0 Å². The Morgan fingerprint density at radius 1 is 1.47 bits per heavy atom. The fourth-order valence-electron chi connectivity index (χ4n) is 3.07. The summed E-state index contributed by atoms with van der Waals surface area (Å²) in [5, 5.41) is 0. The van der Waals surface area contributed by atoms with Crippen molar-refractivity contribution in [2.24, 2.45) is 11.8 Å². The van der Waals surface area contributed by atoms with Crippen molar-refractivity contribution in [3.63, 3.8) is 0 Å². The molecule has 0 N–H and O–H groups in total. The average molecular weight is 212 g/mol. The maximum atomic E-state index is 11.9. The van der Waals surface area contributed by atoms with Gasteiger partial charge >= 0.3 is 5.97 Å². The Bertz CT molecular complexity index is 289. The molecule has 0 aromatic carbocycles. The lowest BCUT2D eigenvalue weighted by atomic mass is 9.60. The molecule has 1 spiro atoms. The van der Waals surface area contributed by atoms with Gasteiger partial charge in [-0.1, -0.05) is 20.8 Å². The topological polar surface area (TPSA) is 38.8 Å². The van der Waals surface area contributed by atoms with Gasteiger partial charge in [0.25, 0.3) is 0 Å². The van der Waals surface area contributed by atoms with Crippen LogP contribution < -0.4 is 0 Å². The molecule has 1 aliphatic carbocycles. The van der Waals surface area contributed by atoms with Crippen molar-refractivity contribution in [3.8, 4) is 0 Å². The van der Waals surface area contributed by atoms with Crippen LogP contribution >= 0.6 is 0 Å². The molecule has 2 fully saturated rings. The van der Waals surface area contributed by atoms with E-state index in [4.69, 9.17) is 9.47 Å². The van der Waals surface area contributed by atoms with E-state index in [1.807, 2.05) is 13.8 Å².